The van der Waals surface area contributed by atoms with Crippen LogP contribution in [0.1, 0.15) is 26.7 Å². The molecule has 2 saturated heterocycles. The molecule has 1 aromatic rings. The molecule has 7 nitrogen and oxygen atoms in total. The van der Waals surface area contributed by atoms with Crippen molar-refractivity contribution < 1.29 is 4.79 Å². The quantitative estimate of drug-likeness (QED) is 0.794. The Morgan fingerprint density at radius 2 is 1.96 bits per heavy atom. The second-order valence-corrected chi connectivity index (χ2v) is 7.98. The lowest BCUT2D eigenvalue weighted by atomic mass is 9.96. The van der Waals surface area contributed by atoms with Gasteiger partial charge in [-0.1, -0.05) is 13.8 Å². The molecule has 0 aliphatic carbocycles. The first-order chi connectivity index (χ1) is 12.4. The lowest BCUT2D eigenvalue weighted by molar-refractivity contribution is -0.137. The fraction of sp³-hybridized carbons (Fsp3) is 0.737. The van der Waals surface area contributed by atoms with E-state index in [1.54, 1.807) is 19.3 Å². The summed E-state index contributed by atoms with van der Waals surface area (Å²) in [4.78, 5) is 31.4. The van der Waals surface area contributed by atoms with Crippen LogP contribution >= 0.6 is 0 Å². The standard InChI is InChI=1S/C19H31N5O2/c1-15(2)13-22-7-9-23(10-8-22)19(26)16-5-4-6-24(14-16)17-11-18(25)21(3)20-12-17/h11-12,15-16H,4-10,13-14H2,1-3H3/t16-/m1/s1. The first-order valence-electron chi connectivity index (χ1n) is 9.73. The molecule has 0 aromatic carbocycles. The van der Waals surface area contributed by atoms with E-state index in [0.29, 0.717) is 12.5 Å². The molecule has 1 atom stereocenters. The van der Waals surface area contributed by atoms with Gasteiger partial charge in [0.2, 0.25) is 5.91 Å². The highest BCUT2D eigenvalue weighted by Gasteiger charge is 2.31. The average Bonchev–Trinajstić information content (AvgIpc) is 2.64. The van der Waals surface area contributed by atoms with Crippen LogP contribution in [0.25, 0.3) is 0 Å². The van der Waals surface area contributed by atoms with Crippen molar-refractivity contribution in [2.75, 3.05) is 50.7 Å². The predicted molar refractivity (Wildman–Crippen MR) is 102 cm³/mol. The van der Waals surface area contributed by atoms with Gasteiger partial charge >= 0.3 is 0 Å². The molecule has 0 bridgehead atoms. The third-order valence-electron chi connectivity index (χ3n) is 5.40. The average molecular weight is 361 g/mol. The van der Waals surface area contributed by atoms with Crippen molar-refractivity contribution in [3.8, 4) is 0 Å². The molecule has 26 heavy (non-hydrogen) atoms. The second-order valence-electron chi connectivity index (χ2n) is 7.98. The van der Waals surface area contributed by atoms with Crippen molar-refractivity contribution in [1.29, 1.82) is 0 Å². The molecular weight excluding hydrogens is 330 g/mol. The molecule has 2 fully saturated rings. The molecule has 0 N–H and O–H groups in total. The number of hydrogen-bond acceptors (Lipinski definition) is 5. The zero-order chi connectivity index (χ0) is 18.7. The summed E-state index contributed by atoms with van der Waals surface area (Å²) in [5.74, 6) is 0.955. The first-order valence-corrected chi connectivity index (χ1v) is 9.73. The summed E-state index contributed by atoms with van der Waals surface area (Å²) in [6.45, 7) is 10.7. The number of rotatable bonds is 4. The normalized spacial score (nSPS) is 22.1. The van der Waals surface area contributed by atoms with Crippen molar-refractivity contribution in [2.45, 2.75) is 26.7 Å². The van der Waals surface area contributed by atoms with Gasteiger partial charge < -0.3 is 9.80 Å². The summed E-state index contributed by atoms with van der Waals surface area (Å²) < 4.78 is 1.33. The Labute approximate surface area is 155 Å². The van der Waals surface area contributed by atoms with Crippen LogP contribution in [0.2, 0.25) is 0 Å². The third-order valence-corrected chi connectivity index (χ3v) is 5.40. The summed E-state index contributed by atoms with van der Waals surface area (Å²) in [7, 11) is 1.65. The van der Waals surface area contributed by atoms with Crippen molar-refractivity contribution in [2.24, 2.45) is 18.9 Å². The van der Waals surface area contributed by atoms with Crippen LogP contribution < -0.4 is 10.5 Å². The Hall–Kier alpha value is -1.89. The summed E-state index contributed by atoms with van der Waals surface area (Å²) in [5, 5.41) is 4.11. The smallest absolute Gasteiger partial charge is 0.268 e. The Balaban J connectivity index is 1.58. The zero-order valence-electron chi connectivity index (χ0n) is 16.2. The van der Waals surface area contributed by atoms with Gasteiger partial charge in [-0.2, -0.15) is 5.10 Å². The van der Waals surface area contributed by atoms with E-state index in [2.05, 4.69) is 28.7 Å². The van der Waals surface area contributed by atoms with Gasteiger partial charge in [-0.25, -0.2) is 4.68 Å². The van der Waals surface area contributed by atoms with Crippen molar-refractivity contribution in [3.63, 3.8) is 0 Å². The number of nitrogens with zero attached hydrogens (tertiary/aromatic N) is 5. The topological polar surface area (TPSA) is 61.7 Å². The number of aryl methyl sites for hydroxylation is 1. The van der Waals surface area contributed by atoms with Gasteiger partial charge in [-0.15, -0.1) is 0 Å². The number of piperazine rings is 1. The van der Waals surface area contributed by atoms with Gasteiger partial charge in [0, 0.05) is 58.9 Å². The number of carbonyl (C=O) groups is 1. The summed E-state index contributed by atoms with van der Waals surface area (Å²) in [6.07, 6.45) is 3.62. The first kappa shape index (κ1) is 18.9. The van der Waals surface area contributed by atoms with Crippen LogP contribution in [0.3, 0.4) is 0 Å². The van der Waals surface area contributed by atoms with E-state index < -0.39 is 0 Å². The van der Waals surface area contributed by atoms with Crippen LogP contribution in [0, 0.1) is 11.8 Å². The minimum atomic E-state index is -0.114. The Morgan fingerprint density at radius 3 is 2.62 bits per heavy atom. The molecule has 1 aromatic heterocycles. The summed E-state index contributed by atoms with van der Waals surface area (Å²) in [6, 6.07) is 1.62. The van der Waals surface area contributed by atoms with E-state index in [9.17, 15) is 9.59 Å². The number of aromatic nitrogens is 2. The van der Waals surface area contributed by atoms with Crippen LogP contribution in [-0.2, 0) is 11.8 Å². The Bertz CT molecular complexity index is 679. The van der Waals surface area contributed by atoms with Crippen molar-refractivity contribution >= 4 is 11.6 Å². The van der Waals surface area contributed by atoms with E-state index in [1.165, 1.54) is 4.68 Å². The zero-order valence-corrected chi connectivity index (χ0v) is 16.2. The molecule has 2 aliphatic rings. The Morgan fingerprint density at radius 1 is 1.23 bits per heavy atom. The molecule has 2 aliphatic heterocycles. The lowest BCUT2D eigenvalue weighted by Gasteiger charge is -2.39. The number of hydrogen-bond donors (Lipinski definition) is 0. The predicted octanol–water partition coefficient (Wildman–Crippen LogP) is 0.797. The van der Waals surface area contributed by atoms with Crippen LogP contribution in [0.4, 0.5) is 5.69 Å². The molecular formula is C19H31N5O2. The number of carbonyl (C=O) groups excluding carboxylic acids is 1. The van der Waals surface area contributed by atoms with Gasteiger partial charge in [-0.05, 0) is 18.8 Å². The van der Waals surface area contributed by atoms with Crippen LogP contribution in [0.5, 0.6) is 0 Å². The maximum absolute atomic E-state index is 13.0. The van der Waals surface area contributed by atoms with Gasteiger partial charge in [0.05, 0.1) is 17.8 Å². The largest absolute Gasteiger partial charge is 0.369 e. The van der Waals surface area contributed by atoms with Gasteiger partial charge in [0.15, 0.2) is 0 Å². The number of amides is 1. The maximum Gasteiger partial charge on any atom is 0.268 e. The molecule has 7 heteroatoms. The Kier molecular flexibility index (Phi) is 5.96. The third kappa shape index (κ3) is 4.44. The summed E-state index contributed by atoms with van der Waals surface area (Å²) in [5.41, 5.74) is 0.713. The molecule has 3 rings (SSSR count). The molecule has 0 radical (unpaired) electrons. The second kappa shape index (κ2) is 8.20. The molecule has 1 amide bonds. The van der Waals surface area contributed by atoms with E-state index in [4.69, 9.17) is 0 Å². The number of piperidine rings is 1. The fourth-order valence-corrected chi connectivity index (χ4v) is 3.97. The minimum absolute atomic E-state index is 0.0180. The summed E-state index contributed by atoms with van der Waals surface area (Å²) >= 11 is 0. The van der Waals surface area contributed by atoms with E-state index in [1.807, 2.05) is 4.90 Å². The molecule has 0 unspecified atom stereocenters. The van der Waals surface area contributed by atoms with Crippen molar-refractivity contribution in [1.82, 2.24) is 19.6 Å². The SMILES string of the molecule is CC(C)CN1CCN(C(=O)[C@@H]2CCCN(c3cnn(C)c(=O)c3)C2)CC1. The van der Waals surface area contributed by atoms with E-state index in [0.717, 1.165) is 57.8 Å². The van der Waals surface area contributed by atoms with Crippen LogP contribution in [-0.4, -0.2) is 71.3 Å². The fourth-order valence-electron chi connectivity index (χ4n) is 3.97. The number of anilines is 1. The maximum atomic E-state index is 13.0. The van der Waals surface area contributed by atoms with Gasteiger partial charge in [0.25, 0.3) is 5.56 Å². The highest BCUT2D eigenvalue weighted by molar-refractivity contribution is 5.80. The molecule has 0 spiro atoms. The monoisotopic (exact) mass is 361 g/mol. The van der Waals surface area contributed by atoms with E-state index in [-0.39, 0.29) is 17.4 Å². The highest BCUT2D eigenvalue weighted by Crippen LogP contribution is 2.23. The van der Waals surface area contributed by atoms with Crippen molar-refractivity contribution in [3.05, 3.63) is 22.6 Å². The van der Waals surface area contributed by atoms with Crippen LogP contribution in [0.15, 0.2) is 17.1 Å². The molecule has 3 heterocycles. The van der Waals surface area contributed by atoms with Gasteiger partial charge in [0.1, 0.15) is 0 Å². The molecule has 144 valence electrons. The lowest BCUT2D eigenvalue weighted by Crippen LogP contribution is -2.53. The molecule has 0 saturated carbocycles. The minimum Gasteiger partial charge on any atom is -0.369 e. The highest BCUT2D eigenvalue weighted by atomic mass is 16.2. The van der Waals surface area contributed by atoms with Gasteiger partial charge in [-0.3, -0.25) is 14.5 Å². The van der Waals surface area contributed by atoms with E-state index >= 15 is 0 Å².